The van der Waals surface area contributed by atoms with E-state index >= 15 is 4.39 Å². The summed E-state index contributed by atoms with van der Waals surface area (Å²) in [7, 11) is 0. The number of ether oxygens (including phenoxy) is 1. The summed E-state index contributed by atoms with van der Waals surface area (Å²) in [5.41, 5.74) is 4.62. The number of hydrogen-bond acceptors (Lipinski definition) is 7. The molecule has 1 atom stereocenters. The lowest BCUT2D eigenvalue weighted by Crippen LogP contribution is -2.34. The Morgan fingerprint density at radius 2 is 1.92 bits per heavy atom. The predicted octanol–water partition coefficient (Wildman–Crippen LogP) is 6.03. The molecule has 5 aromatic rings. The molecule has 12 heteroatoms. The average molecular weight is 610 g/mol. The molecule has 0 saturated carbocycles. The second-order valence-electron chi connectivity index (χ2n) is 9.69. The summed E-state index contributed by atoms with van der Waals surface area (Å²) in [6.45, 7) is 2.81. The van der Waals surface area contributed by atoms with E-state index in [0.29, 0.717) is 45.4 Å². The van der Waals surface area contributed by atoms with E-state index in [0.717, 1.165) is 54.9 Å². The van der Waals surface area contributed by atoms with Crippen LogP contribution in [0.5, 0.6) is 0 Å². The van der Waals surface area contributed by atoms with Gasteiger partial charge in [-0.3, -0.25) is 4.98 Å². The molecule has 39 heavy (non-hydrogen) atoms. The van der Waals surface area contributed by atoms with E-state index in [2.05, 4.69) is 35.9 Å². The Morgan fingerprint density at radius 3 is 2.79 bits per heavy atom. The monoisotopic (exact) mass is 608 g/mol. The molecule has 0 bridgehead atoms. The number of nitrogens with zero attached hydrogens (tertiary/aromatic N) is 8. The number of hydrogen-bond donors (Lipinski definition) is 0. The minimum absolute atomic E-state index is 0.205. The van der Waals surface area contributed by atoms with Crippen LogP contribution in [-0.2, 0) is 17.8 Å². The van der Waals surface area contributed by atoms with E-state index in [9.17, 15) is 0 Å². The maximum atomic E-state index is 15.0. The summed E-state index contributed by atoms with van der Waals surface area (Å²) in [5, 5.41) is 9.59. The molecule has 6 heterocycles. The zero-order chi connectivity index (χ0) is 26.5. The highest BCUT2D eigenvalue weighted by Crippen LogP contribution is 2.36. The lowest BCUT2D eigenvalue weighted by atomic mass is 10.0. The van der Waals surface area contributed by atoms with Gasteiger partial charge < -0.3 is 9.64 Å². The molecule has 1 unspecified atom stereocenters. The van der Waals surface area contributed by atoms with Crippen LogP contribution in [0.3, 0.4) is 0 Å². The Hall–Kier alpha value is -3.41. The summed E-state index contributed by atoms with van der Waals surface area (Å²) >= 11 is 9.62. The third-order valence-electron chi connectivity index (χ3n) is 7.17. The van der Waals surface area contributed by atoms with Gasteiger partial charge >= 0.3 is 0 Å². The lowest BCUT2D eigenvalue weighted by Gasteiger charge is -2.28. The van der Waals surface area contributed by atoms with Gasteiger partial charge in [-0.25, -0.2) is 23.7 Å². The van der Waals surface area contributed by atoms with Gasteiger partial charge in [-0.2, -0.15) is 5.10 Å². The fraction of sp³-hybridized carbons (Fsp3) is 0.296. The zero-order valence-corrected chi connectivity index (χ0v) is 23.1. The number of fused-ring (bicyclic) bond motifs is 2. The molecule has 0 amide bonds. The van der Waals surface area contributed by atoms with Crippen LogP contribution in [0.1, 0.15) is 31.3 Å². The van der Waals surface area contributed by atoms with Crippen molar-refractivity contribution in [3.63, 3.8) is 0 Å². The van der Waals surface area contributed by atoms with E-state index in [1.165, 1.54) is 12.1 Å². The highest BCUT2D eigenvalue weighted by atomic mass is 79.9. The first-order valence-electron chi connectivity index (χ1n) is 12.8. The van der Waals surface area contributed by atoms with Crippen LogP contribution in [0.15, 0.2) is 53.5 Å². The molecule has 0 N–H and O–H groups in total. The minimum Gasteiger partial charge on any atom is -0.361 e. The maximum Gasteiger partial charge on any atom is 0.217 e. The van der Waals surface area contributed by atoms with Crippen LogP contribution in [0.4, 0.5) is 10.1 Å². The first-order chi connectivity index (χ1) is 19.0. The first-order valence-corrected chi connectivity index (χ1v) is 14.0. The van der Waals surface area contributed by atoms with E-state index in [4.69, 9.17) is 26.4 Å². The molecule has 0 radical (unpaired) electrons. The van der Waals surface area contributed by atoms with Gasteiger partial charge in [0, 0.05) is 35.5 Å². The molecule has 198 valence electrons. The van der Waals surface area contributed by atoms with E-state index < -0.39 is 5.82 Å². The van der Waals surface area contributed by atoms with Crippen LogP contribution in [0.25, 0.3) is 33.5 Å². The molecule has 2 aliphatic rings. The van der Waals surface area contributed by atoms with Crippen molar-refractivity contribution in [3.8, 4) is 22.5 Å². The van der Waals surface area contributed by atoms with Gasteiger partial charge in [0.25, 0.3) is 0 Å². The SMILES string of the molecule is Fc1ccc(Cl)cc1-c1nn(C2CCCCO2)cc1-c1ccc2ncc(N3CCn4nc(Br)nc4C3)cc2n1. The molecule has 0 spiro atoms. The Kier molecular flexibility index (Phi) is 6.29. The Labute approximate surface area is 236 Å². The normalized spacial score (nSPS) is 17.5. The van der Waals surface area contributed by atoms with Crippen LogP contribution in [-0.4, -0.2) is 47.7 Å². The second kappa shape index (κ2) is 9.96. The van der Waals surface area contributed by atoms with E-state index in [1.54, 1.807) is 10.7 Å². The summed E-state index contributed by atoms with van der Waals surface area (Å²) in [6.07, 6.45) is 6.46. The van der Waals surface area contributed by atoms with Gasteiger partial charge in [0.15, 0.2) is 0 Å². The number of benzene rings is 1. The summed E-state index contributed by atoms with van der Waals surface area (Å²) < 4.78 is 25.3. The third-order valence-corrected chi connectivity index (χ3v) is 7.74. The van der Waals surface area contributed by atoms with Crippen molar-refractivity contribution in [2.45, 2.75) is 38.6 Å². The van der Waals surface area contributed by atoms with Gasteiger partial charge in [-0.05, 0) is 71.6 Å². The molecular formula is C27H23BrClFN8O. The number of aromatic nitrogens is 7. The number of pyridine rings is 2. The molecule has 1 saturated heterocycles. The maximum absolute atomic E-state index is 15.0. The van der Waals surface area contributed by atoms with Crippen molar-refractivity contribution in [2.75, 3.05) is 18.1 Å². The average Bonchev–Trinajstić information content (AvgIpc) is 3.57. The summed E-state index contributed by atoms with van der Waals surface area (Å²) in [5.74, 6) is 0.491. The highest BCUT2D eigenvalue weighted by Gasteiger charge is 2.24. The molecule has 4 aromatic heterocycles. The molecule has 1 fully saturated rings. The van der Waals surface area contributed by atoms with Crippen LogP contribution >= 0.6 is 27.5 Å². The smallest absolute Gasteiger partial charge is 0.217 e. The molecule has 2 aliphatic heterocycles. The molecule has 7 rings (SSSR count). The van der Waals surface area contributed by atoms with Gasteiger partial charge in [0.05, 0.1) is 41.7 Å². The summed E-state index contributed by atoms with van der Waals surface area (Å²) in [4.78, 5) is 16.3. The van der Waals surface area contributed by atoms with Gasteiger partial charge in [-0.15, -0.1) is 5.10 Å². The largest absolute Gasteiger partial charge is 0.361 e. The topological polar surface area (TPSA) is 86.8 Å². The van der Waals surface area contributed by atoms with Crippen molar-refractivity contribution in [1.29, 1.82) is 0 Å². The van der Waals surface area contributed by atoms with Gasteiger partial charge in [0.2, 0.25) is 4.73 Å². The second-order valence-corrected chi connectivity index (χ2v) is 10.8. The van der Waals surface area contributed by atoms with Gasteiger partial charge in [-0.1, -0.05) is 11.6 Å². The Balaban J connectivity index is 1.30. The Morgan fingerprint density at radius 1 is 1.00 bits per heavy atom. The third kappa shape index (κ3) is 4.68. The lowest BCUT2D eigenvalue weighted by molar-refractivity contribution is -0.0393. The fourth-order valence-corrected chi connectivity index (χ4v) is 5.75. The standard InChI is InChI=1S/C27H23BrClFN8O/c28-27-33-24-15-36(8-9-37(24)35-27)17-12-23-22(31-13-17)7-6-21(32-23)19-14-38(25-3-1-2-10-39-25)34-26(19)18-11-16(29)4-5-20(18)30/h4-7,11-14,25H,1-3,8-10,15H2. The zero-order valence-electron chi connectivity index (χ0n) is 20.8. The molecule has 9 nitrogen and oxygen atoms in total. The molecule has 1 aromatic carbocycles. The quantitative estimate of drug-likeness (QED) is 0.246. The van der Waals surface area contributed by atoms with E-state index in [-0.39, 0.29) is 6.23 Å². The molecule has 0 aliphatic carbocycles. The predicted molar refractivity (Wildman–Crippen MR) is 149 cm³/mol. The fourth-order valence-electron chi connectivity index (χ4n) is 5.18. The highest BCUT2D eigenvalue weighted by molar-refractivity contribution is 9.10. The Bertz CT molecular complexity index is 1700. The number of rotatable bonds is 4. The van der Waals surface area contributed by atoms with Crippen molar-refractivity contribution < 1.29 is 9.13 Å². The summed E-state index contributed by atoms with van der Waals surface area (Å²) in [6, 6.07) is 10.3. The van der Waals surface area contributed by atoms with Crippen molar-refractivity contribution in [3.05, 3.63) is 70.2 Å². The molecular weight excluding hydrogens is 587 g/mol. The van der Waals surface area contributed by atoms with Crippen molar-refractivity contribution >= 4 is 44.3 Å². The number of halogens is 3. The van der Waals surface area contributed by atoms with Crippen LogP contribution < -0.4 is 4.90 Å². The van der Waals surface area contributed by atoms with E-state index in [1.807, 2.05) is 35.3 Å². The minimum atomic E-state index is -0.398. The number of anilines is 1. The van der Waals surface area contributed by atoms with Crippen LogP contribution in [0.2, 0.25) is 5.02 Å². The van der Waals surface area contributed by atoms with Crippen molar-refractivity contribution in [2.24, 2.45) is 0 Å². The van der Waals surface area contributed by atoms with Gasteiger partial charge in [0.1, 0.15) is 23.6 Å². The first kappa shape index (κ1) is 24.6. The van der Waals surface area contributed by atoms with Crippen LogP contribution in [0, 0.1) is 5.82 Å². The van der Waals surface area contributed by atoms with Crippen molar-refractivity contribution in [1.82, 2.24) is 34.5 Å².